The van der Waals surface area contributed by atoms with E-state index in [1.807, 2.05) is 0 Å². The third-order valence-corrected chi connectivity index (χ3v) is 3.02. The summed E-state index contributed by atoms with van der Waals surface area (Å²) in [6.07, 6.45) is 5.18. The largest absolute Gasteiger partial charge is 0.348 e. The molecule has 0 bridgehead atoms. The summed E-state index contributed by atoms with van der Waals surface area (Å²) in [5.74, 6) is -0.462. The molecule has 0 aliphatic rings. The molecule has 100 valence electrons. The lowest BCUT2D eigenvalue weighted by atomic mass is 10.2. The first-order chi connectivity index (χ1) is 9.72. The molecule has 4 nitrogen and oxygen atoms in total. The fourth-order valence-electron chi connectivity index (χ4n) is 1.94. The number of hydrogen-bond donors (Lipinski definition) is 1. The van der Waals surface area contributed by atoms with E-state index in [-0.39, 0.29) is 11.7 Å². The fraction of sp³-hybridized carbons (Fsp3) is 0.0667. The average molecular weight is 269 g/mol. The van der Waals surface area contributed by atoms with Gasteiger partial charge in [0.25, 0.3) is 5.91 Å². The van der Waals surface area contributed by atoms with E-state index in [0.717, 1.165) is 11.2 Å². The van der Waals surface area contributed by atoms with Gasteiger partial charge in [0.1, 0.15) is 11.5 Å². The molecule has 3 aromatic rings. The molecular weight excluding hydrogens is 257 g/mol. The number of imidazole rings is 1. The molecule has 2 heterocycles. The molecule has 1 amide bonds. The van der Waals surface area contributed by atoms with Crippen molar-refractivity contribution in [1.29, 1.82) is 0 Å². The Balaban J connectivity index is 1.70. The van der Waals surface area contributed by atoms with E-state index in [1.54, 1.807) is 47.3 Å². The number of amides is 1. The van der Waals surface area contributed by atoms with E-state index >= 15 is 0 Å². The van der Waals surface area contributed by atoms with Crippen LogP contribution in [0.2, 0.25) is 0 Å². The molecule has 0 unspecified atom stereocenters. The molecule has 20 heavy (non-hydrogen) atoms. The molecule has 1 aromatic carbocycles. The molecule has 0 aliphatic heterocycles. The number of carbonyl (C=O) groups excluding carboxylic acids is 1. The molecule has 0 saturated carbocycles. The molecule has 2 aromatic heterocycles. The van der Waals surface area contributed by atoms with Crippen molar-refractivity contribution < 1.29 is 9.18 Å². The van der Waals surface area contributed by atoms with Crippen LogP contribution in [0.1, 0.15) is 15.9 Å². The summed E-state index contributed by atoms with van der Waals surface area (Å²) >= 11 is 0. The maximum absolute atomic E-state index is 12.8. The first-order valence-corrected chi connectivity index (χ1v) is 6.18. The molecule has 0 radical (unpaired) electrons. The number of hydrogen-bond acceptors (Lipinski definition) is 2. The number of aromatic nitrogens is 2. The average Bonchev–Trinajstić information content (AvgIpc) is 2.93. The first kappa shape index (κ1) is 12.3. The Morgan fingerprint density at radius 1 is 1.20 bits per heavy atom. The molecule has 3 rings (SSSR count). The summed E-state index contributed by atoms with van der Waals surface area (Å²) < 4.78 is 14.6. The Morgan fingerprint density at radius 2 is 2.00 bits per heavy atom. The van der Waals surface area contributed by atoms with E-state index in [2.05, 4.69) is 10.3 Å². The number of benzene rings is 1. The second kappa shape index (κ2) is 5.13. The predicted octanol–water partition coefficient (Wildman–Crippen LogP) is 2.40. The van der Waals surface area contributed by atoms with Gasteiger partial charge in [0.2, 0.25) is 0 Å². The predicted molar refractivity (Wildman–Crippen MR) is 72.8 cm³/mol. The van der Waals surface area contributed by atoms with Crippen LogP contribution >= 0.6 is 0 Å². The van der Waals surface area contributed by atoms with Gasteiger partial charge in [-0.15, -0.1) is 0 Å². The van der Waals surface area contributed by atoms with Gasteiger partial charge in [-0.25, -0.2) is 9.37 Å². The highest BCUT2D eigenvalue weighted by atomic mass is 19.1. The summed E-state index contributed by atoms with van der Waals surface area (Å²) in [4.78, 5) is 16.1. The van der Waals surface area contributed by atoms with E-state index in [4.69, 9.17) is 0 Å². The minimum atomic E-state index is -0.286. The van der Waals surface area contributed by atoms with Gasteiger partial charge >= 0.3 is 0 Å². The van der Waals surface area contributed by atoms with E-state index in [0.29, 0.717) is 12.1 Å². The van der Waals surface area contributed by atoms with Crippen LogP contribution in [-0.4, -0.2) is 15.3 Å². The molecule has 0 fully saturated rings. The van der Waals surface area contributed by atoms with Gasteiger partial charge in [-0.05, 0) is 29.8 Å². The summed E-state index contributed by atoms with van der Waals surface area (Å²) in [6, 6.07) is 9.55. The minimum Gasteiger partial charge on any atom is -0.348 e. The van der Waals surface area contributed by atoms with Gasteiger partial charge in [-0.2, -0.15) is 0 Å². The third kappa shape index (κ3) is 2.51. The Hall–Kier alpha value is -2.69. The quantitative estimate of drug-likeness (QED) is 0.793. The lowest BCUT2D eigenvalue weighted by molar-refractivity contribution is 0.0950. The van der Waals surface area contributed by atoms with Crippen LogP contribution < -0.4 is 5.32 Å². The van der Waals surface area contributed by atoms with Crippen molar-refractivity contribution in [2.45, 2.75) is 6.54 Å². The van der Waals surface area contributed by atoms with Crippen LogP contribution in [-0.2, 0) is 6.54 Å². The van der Waals surface area contributed by atoms with Crippen molar-refractivity contribution >= 4 is 11.6 Å². The second-order valence-corrected chi connectivity index (χ2v) is 4.42. The van der Waals surface area contributed by atoms with Crippen LogP contribution in [0.5, 0.6) is 0 Å². The number of nitrogens with zero attached hydrogens (tertiary/aromatic N) is 2. The lowest BCUT2D eigenvalue weighted by Gasteiger charge is -2.06. The smallest absolute Gasteiger partial charge is 0.253 e. The highest BCUT2D eigenvalue weighted by molar-refractivity contribution is 5.94. The molecule has 5 heteroatoms. The van der Waals surface area contributed by atoms with Gasteiger partial charge in [0, 0.05) is 25.1 Å². The van der Waals surface area contributed by atoms with E-state index in [1.165, 1.54) is 12.1 Å². The SMILES string of the molecule is O=C(NCc1ccc(F)cc1)c1ccc2nccn2c1. The van der Waals surface area contributed by atoms with E-state index in [9.17, 15) is 9.18 Å². The van der Waals surface area contributed by atoms with Gasteiger partial charge in [0.15, 0.2) is 0 Å². The maximum atomic E-state index is 12.8. The van der Waals surface area contributed by atoms with Crippen LogP contribution in [0.3, 0.4) is 0 Å². The van der Waals surface area contributed by atoms with Gasteiger partial charge in [-0.3, -0.25) is 4.79 Å². The Bertz CT molecular complexity index is 749. The van der Waals surface area contributed by atoms with Crippen molar-refractivity contribution in [3.05, 3.63) is 71.9 Å². The molecular formula is C15H12FN3O. The summed E-state index contributed by atoms with van der Waals surface area (Å²) in [5, 5.41) is 2.80. The number of pyridine rings is 1. The monoisotopic (exact) mass is 269 g/mol. The molecule has 0 atom stereocenters. The zero-order valence-corrected chi connectivity index (χ0v) is 10.6. The van der Waals surface area contributed by atoms with Gasteiger partial charge in [-0.1, -0.05) is 12.1 Å². The number of fused-ring (bicyclic) bond motifs is 1. The van der Waals surface area contributed by atoms with E-state index < -0.39 is 0 Å². The second-order valence-electron chi connectivity index (χ2n) is 4.42. The zero-order valence-electron chi connectivity index (χ0n) is 10.6. The number of nitrogens with one attached hydrogen (secondary N) is 1. The Kier molecular flexibility index (Phi) is 3.16. The first-order valence-electron chi connectivity index (χ1n) is 6.18. The number of rotatable bonds is 3. The molecule has 0 saturated heterocycles. The summed E-state index contributed by atoms with van der Waals surface area (Å²) in [6.45, 7) is 0.362. The Morgan fingerprint density at radius 3 is 2.80 bits per heavy atom. The fourth-order valence-corrected chi connectivity index (χ4v) is 1.94. The highest BCUT2D eigenvalue weighted by Gasteiger charge is 2.06. The number of halogens is 1. The van der Waals surface area contributed by atoms with Crippen molar-refractivity contribution in [2.75, 3.05) is 0 Å². The van der Waals surface area contributed by atoms with Gasteiger partial charge in [0.05, 0.1) is 5.56 Å². The van der Waals surface area contributed by atoms with Crippen molar-refractivity contribution in [3.8, 4) is 0 Å². The molecule has 0 aliphatic carbocycles. The van der Waals surface area contributed by atoms with Crippen LogP contribution in [0, 0.1) is 5.82 Å². The number of carbonyl (C=O) groups is 1. The lowest BCUT2D eigenvalue weighted by Crippen LogP contribution is -2.23. The molecule has 1 N–H and O–H groups in total. The zero-order chi connectivity index (χ0) is 13.9. The summed E-state index contributed by atoms with van der Waals surface area (Å²) in [5.41, 5.74) is 2.20. The van der Waals surface area contributed by atoms with Crippen molar-refractivity contribution in [3.63, 3.8) is 0 Å². The summed E-state index contributed by atoms with van der Waals surface area (Å²) in [7, 11) is 0. The normalized spacial score (nSPS) is 10.7. The molecule has 0 spiro atoms. The topological polar surface area (TPSA) is 46.4 Å². The van der Waals surface area contributed by atoms with Crippen molar-refractivity contribution in [1.82, 2.24) is 14.7 Å². The third-order valence-electron chi connectivity index (χ3n) is 3.02. The Labute approximate surface area is 114 Å². The highest BCUT2D eigenvalue weighted by Crippen LogP contribution is 2.06. The van der Waals surface area contributed by atoms with Crippen LogP contribution in [0.4, 0.5) is 4.39 Å². The van der Waals surface area contributed by atoms with Crippen LogP contribution in [0.15, 0.2) is 55.0 Å². The standard InChI is InChI=1S/C15H12FN3O/c16-13-4-1-11(2-5-13)9-18-15(20)12-3-6-14-17-7-8-19(14)10-12/h1-8,10H,9H2,(H,18,20). The maximum Gasteiger partial charge on any atom is 0.253 e. The van der Waals surface area contributed by atoms with Crippen molar-refractivity contribution in [2.24, 2.45) is 0 Å². The van der Waals surface area contributed by atoms with Gasteiger partial charge < -0.3 is 9.72 Å². The van der Waals surface area contributed by atoms with Crippen LogP contribution in [0.25, 0.3) is 5.65 Å². The minimum absolute atomic E-state index is 0.176.